The van der Waals surface area contributed by atoms with E-state index in [1.165, 1.54) is 24.8 Å². The standard InChI is InChI=1S/C13H18BrNO/c1-10-5-6-13(12(14)8-10)15-9-11-4-2-3-7-16-11/h5-6,8,11,15H,2-4,7,9H2,1H3. The molecule has 1 unspecified atom stereocenters. The molecule has 0 radical (unpaired) electrons. The van der Waals surface area contributed by atoms with Crippen molar-refractivity contribution in [2.24, 2.45) is 0 Å². The maximum absolute atomic E-state index is 5.69. The van der Waals surface area contributed by atoms with Crippen molar-refractivity contribution < 1.29 is 4.74 Å². The molecule has 1 fully saturated rings. The van der Waals surface area contributed by atoms with E-state index in [2.05, 4.69) is 46.4 Å². The highest BCUT2D eigenvalue weighted by Crippen LogP contribution is 2.24. The third-order valence-electron chi connectivity index (χ3n) is 2.92. The van der Waals surface area contributed by atoms with Crippen molar-refractivity contribution in [3.05, 3.63) is 28.2 Å². The minimum Gasteiger partial charge on any atom is -0.382 e. The van der Waals surface area contributed by atoms with E-state index in [1.54, 1.807) is 0 Å². The first kappa shape index (κ1) is 11.9. The van der Waals surface area contributed by atoms with E-state index in [-0.39, 0.29) is 0 Å². The van der Waals surface area contributed by atoms with Crippen LogP contribution in [0.15, 0.2) is 22.7 Å². The second-order valence-electron chi connectivity index (χ2n) is 4.35. The van der Waals surface area contributed by atoms with Crippen LogP contribution in [0.3, 0.4) is 0 Å². The lowest BCUT2D eigenvalue weighted by molar-refractivity contribution is 0.0247. The van der Waals surface area contributed by atoms with E-state index >= 15 is 0 Å². The molecule has 2 rings (SSSR count). The zero-order valence-electron chi connectivity index (χ0n) is 9.63. The zero-order chi connectivity index (χ0) is 11.4. The largest absolute Gasteiger partial charge is 0.382 e. The smallest absolute Gasteiger partial charge is 0.0747 e. The topological polar surface area (TPSA) is 21.3 Å². The minimum absolute atomic E-state index is 0.377. The Bertz CT molecular complexity index is 348. The minimum atomic E-state index is 0.377. The van der Waals surface area contributed by atoms with Crippen molar-refractivity contribution in [3.8, 4) is 0 Å². The molecule has 0 aromatic heterocycles. The van der Waals surface area contributed by atoms with Gasteiger partial charge in [-0.2, -0.15) is 0 Å². The number of hydrogen-bond acceptors (Lipinski definition) is 2. The molecular weight excluding hydrogens is 266 g/mol. The van der Waals surface area contributed by atoms with Crippen LogP contribution in [0, 0.1) is 6.92 Å². The van der Waals surface area contributed by atoms with E-state index in [4.69, 9.17) is 4.74 Å². The van der Waals surface area contributed by atoms with Gasteiger partial charge in [0.05, 0.1) is 6.10 Å². The molecule has 1 aliphatic heterocycles. The Hall–Kier alpha value is -0.540. The Labute approximate surface area is 106 Å². The van der Waals surface area contributed by atoms with Crippen LogP contribution in [0.25, 0.3) is 0 Å². The van der Waals surface area contributed by atoms with Crippen molar-refractivity contribution in [3.63, 3.8) is 0 Å². The number of rotatable bonds is 3. The summed E-state index contributed by atoms with van der Waals surface area (Å²) in [4.78, 5) is 0. The normalized spacial score (nSPS) is 20.8. The number of benzene rings is 1. The van der Waals surface area contributed by atoms with Crippen LogP contribution in [0.4, 0.5) is 5.69 Å². The third-order valence-corrected chi connectivity index (χ3v) is 3.57. The van der Waals surface area contributed by atoms with Gasteiger partial charge in [-0.25, -0.2) is 0 Å². The van der Waals surface area contributed by atoms with Gasteiger partial charge in [-0.3, -0.25) is 0 Å². The summed E-state index contributed by atoms with van der Waals surface area (Å²) in [6.45, 7) is 3.92. The number of halogens is 1. The summed E-state index contributed by atoms with van der Waals surface area (Å²) in [5.41, 5.74) is 2.42. The molecule has 1 saturated heterocycles. The summed E-state index contributed by atoms with van der Waals surface area (Å²) >= 11 is 3.57. The summed E-state index contributed by atoms with van der Waals surface area (Å²) in [6.07, 6.45) is 4.06. The van der Waals surface area contributed by atoms with Crippen molar-refractivity contribution >= 4 is 21.6 Å². The predicted molar refractivity (Wildman–Crippen MR) is 71.0 cm³/mol. The summed E-state index contributed by atoms with van der Waals surface area (Å²) in [5.74, 6) is 0. The van der Waals surface area contributed by atoms with Crippen molar-refractivity contribution in [2.45, 2.75) is 32.3 Å². The number of aryl methyl sites for hydroxylation is 1. The maximum atomic E-state index is 5.69. The molecule has 3 heteroatoms. The molecule has 0 aliphatic carbocycles. The van der Waals surface area contributed by atoms with E-state index in [0.29, 0.717) is 6.10 Å². The molecule has 0 amide bonds. The van der Waals surface area contributed by atoms with Crippen molar-refractivity contribution in [1.29, 1.82) is 0 Å². The molecule has 88 valence electrons. The number of anilines is 1. The van der Waals surface area contributed by atoms with Gasteiger partial charge in [0.1, 0.15) is 0 Å². The first-order valence-electron chi connectivity index (χ1n) is 5.87. The highest BCUT2D eigenvalue weighted by Gasteiger charge is 2.13. The Morgan fingerprint density at radius 1 is 1.44 bits per heavy atom. The van der Waals surface area contributed by atoms with Crippen LogP contribution in [-0.4, -0.2) is 19.3 Å². The van der Waals surface area contributed by atoms with Crippen LogP contribution in [0.5, 0.6) is 0 Å². The van der Waals surface area contributed by atoms with E-state index < -0.39 is 0 Å². The van der Waals surface area contributed by atoms with Gasteiger partial charge in [-0.15, -0.1) is 0 Å². The molecule has 1 aromatic rings. The van der Waals surface area contributed by atoms with Crippen LogP contribution >= 0.6 is 15.9 Å². The Morgan fingerprint density at radius 3 is 3.00 bits per heavy atom. The van der Waals surface area contributed by atoms with Gasteiger partial charge in [0, 0.05) is 23.3 Å². The summed E-state index contributed by atoms with van der Waals surface area (Å²) in [6, 6.07) is 6.36. The average Bonchev–Trinajstić information content (AvgIpc) is 2.29. The summed E-state index contributed by atoms with van der Waals surface area (Å²) in [7, 11) is 0. The lowest BCUT2D eigenvalue weighted by Crippen LogP contribution is -2.27. The molecule has 1 heterocycles. The summed E-state index contributed by atoms with van der Waals surface area (Å²) in [5, 5.41) is 3.44. The average molecular weight is 284 g/mol. The molecule has 1 aromatic carbocycles. The molecule has 1 aliphatic rings. The maximum Gasteiger partial charge on any atom is 0.0747 e. The van der Waals surface area contributed by atoms with Gasteiger partial charge < -0.3 is 10.1 Å². The second kappa shape index (κ2) is 5.69. The Morgan fingerprint density at radius 2 is 2.31 bits per heavy atom. The highest BCUT2D eigenvalue weighted by molar-refractivity contribution is 9.10. The summed E-state index contributed by atoms with van der Waals surface area (Å²) < 4.78 is 6.81. The van der Waals surface area contributed by atoms with Crippen LogP contribution in [0.1, 0.15) is 24.8 Å². The Kier molecular flexibility index (Phi) is 4.24. The SMILES string of the molecule is Cc1ccc(NCC2CCCCO2)c(Br)c1. The molecule has 1 atom stereocenters. The van der Waals surface area contributed by atoms with Gasteiger partial charge in [0.2, 0.25) is 0 Å². The quantitative estimate of drug-likeness (QED) is 0.913. The van der Waals surface area contributed by atoms with Crippen LogP contribution in [0.2, 0.25) is 0 Å². The monoisotopic (exact) mass is 283 g/mol. The molecule has 0 bridgehead atoms. The fourth-order valence-corrected chi connectivity index (χ4v) is 2.59. The fourth-order valence-electron chi connectivity index (χ4n) is 1.96. The first-order chi connectivity index (χ1) is 7.75. The molecular formula is C13H18BrNO. The van der Waals surface area contributed by atoms with Gasteiger partial charge in [0.25, 0.3) is 0 Å². The molecule has 1 N–H and O–H groups in total. The van der Waals surface area contributed by atoms with E-state index in [9.17, 15) is 0 Å². The van der Waals surface area contributed by atoms with Gasteiger partial charge in [-0.1, -0.05) is 6.07 Å². The van der Waals surface area contributed by atoms with Gasteiger partial charge in [0.15, 0.2) is 0 Å². The van der Waals surface area contributed by atoms with E-state index in [1.807, 2.05) is 0 Å². The molecule has 0 spiro atoms. The molecule has 2 nitrogen and oxygen atoms in total. The molecule has 0 saturated carbocycles. The fraction of sp³-hybridized carbons (Fsp3) is 0.538. The number of hydrogen-bond donors (Lipinski definition) is 1. The van der Waals surface area contributed by atoms with Crippen LogP contribution in [-0.2, 0) is 4.74 Å². The van der Waals surface area contributed by atoms with Gasteiger partial charge in [-0.05, 0) is 59.8 Å². The second-order valence-corrected chi connectivity index (χ2v) is 5.21. The number of nitrogens with one attached hydrogen (secondary N) is 1. The van der Waals surface area contributed by atoms with Crippen molar-refractivity contribution in [1.82, 2.24) is 0 Å². The van der Waals surface area contributed by atoms with Crippen LogP contribution < -0.4 is 5.32 Å². The Balaban J connectivity index is 1.88. The zero-order valence-corrected chi connectivity index (χ0v) is 11.2. The molecule has 16 heavy (non-hydrogen) atoms. The van der Waals surface area contributed by atoms with Gasteiger partial charge >= 0.3 is 0 Å². The number of ether oxygens (including phenoxy) is 1. The van der Waals surface area contributed by atoms with E-state index in [0.717, 1.165) is 23.3 Å². The third kappa shape index (κ3) is 3.22. The predicted octanol–water partition coefficient (Wildman–Crippen LogP) is 3.74. The van der Waals surface area contributed by atoms with Crippen molar-refractivity contribution in [2.75, 3.05) is 18.5 Å². The lowest BCUT2D eigenvalue weighted by atomic mass is 10.1. The highest BCUT2D eigenvalue weighted by atomic mass is 79.9. The lowest BCUT2D eigenvalue weighted by Gasteiger charge is -2.23. The first-order valence-corrected chi connectivity index (χ1v) is 6.66.